The first-order valence-electron chi connectivity index (χ1n) is 12.9. The number of allylic oxidation sites excluding steroid dienone is 7. The molecule has 0 aromatic carbocycles. The average Bonchev–Trinajstić information content (AvgIpc) is 3.23. The van der Waals surface area contributed by atoms with E-state index in [9.17, 15) is 14.4 Å². The molecule has 4 atom stereocenters. The van der Waals surface area contributed by atoms with Gasteiger partial charge < -0.3 is 4.74 Å². The highest BCUT2D eigenvalue weighted by molar-refractivity contribution is 6.02. The molecule has 0 saturated heterocycles. The lowest BCUT2D eigenvalue weighted by Crippen LogP contribution is -2.46. The highest BCUT2D eigenvalue weighted by Crippen LogP contribution is 2.70. The highest BCUT2D eigenvalue weighted by Gasteiger charge is 2.65. The number of Topliss-reactive ketones (excluding diaryl/α,β-unsaturated/α-hetero) is 1. The number of carbonyl (C=O) groups is 3. The maximum atomic E-state index is 13.5. The Morgan fingerprint density at radius 3 is 2.73 bits per heavy atom. The second-order valence-corrected chi connectivity index (χ2v) is 11.2. The van der Waals surface area contributed by atoms with Crippen molar-refractivity contribution in [1.82, 2.24) is 0 Å². The summed E-state index contributed by atoms with van der Waals surface area (Å²) in [5.41, 5.74) is 3.57. The van der Waals surface area contributed by atoms with Gasteiger partial charge in [-0.3, -0.25) is 14.4 Å². The summed E-state index contributed by atoms with van der Waals surface area (Å²) in [6.07, 6.45) is 16.5. The van der Waals surface area contributed by atoms with Crippen molar-refractivity contribution in [3.05, 3.63) is 46.6 Å². The van der Waals surface area contributed by atoms with E-state index in [1.54, 1.807) is 12.2 Å². The molecule has 176 valence electrons. The Bertz CT molecular complexity index is 1040. The fraction of sp³-hybridized carbons (Fsp3) is 0.621. The molecule has 5 rings (SSSR count). The van der Waals surface area contributed by atoms with Gasteiger partial charge in [0.15, 0.2) is 5.78 Å². The van der Waals surface area contributed by atoms with Gasteiger partial charge in [-0.25, -0.2) is 0 Å². The second kappa shape index (κ2) is 7.92. The molecule has 1 spiro atoms. The summed E-state index contributed by atoms with van der Waals surface area (Å²) in [7, 11) is 0. The number of hydrogen-bond acceptors (Lipinski definition) is 4. The quantitative estimate of drug-likeness (QED) is 0.371. The Kier molecular flexibility index (Phi) is 5.42. The number of fused-ring (bicyclic) bond motifs is 3. The van der Waals surface area contributed by atoms with E-state index in [0.29, 0.717) is 25.2 Å². The molecule has 0 aromatic heterocycles. The molecular weight excluding hydrogens is 412 g/mol. The van der Waals surface area contributed by atoms with Gasteiger partial charge in [-0.15, -0.1) is 0 Å². The van der Waals surface area contributed by atoms with Gasteiger partial charge in [0.25, 0.3) is 0 Å². The predicted octanol–water partition coefficient (Wildman–Crippen LogP) is 5.98. The Balaban J connectivity index is 1.56. The van der Waals surface area contributed by atoms with Crippen LogP contribution in [0.2, 0.25) is 0 Å². The molecule has 5 aliphatic rings. The van der Waals surface area contributed by atoms with E-state index < -0.39 is 11.3 Å². The minimum atomic E-state index is -0.447. The number of rotatable bonds is 6. The van der Waals surface area contributed by atoms with Gasteiger partial charge >= 0.3 is 5.97 Å². The van der Waals surface area contributed by atoms with Crippen molar-refractivity contribution in [3.63, 3.8) is 0 Å². The fourth-order valence-electron chi connectivity index (χ4n) is 7.49. The molecular formula is C29H36O4. The Hall–Kier alpha value is -2.23. The van der Waals surface area contributed by atoms with Gasteiger partial charge in [-0.2, -0.15) is 0 Å². The van der Waals surface area contributed by atoms with Crippen LogP contribution in [0.5, 0.6) is 0 Å². The molecule has 33 heavy (non-hydrogen) atoms. The summed E-state index contributed by atoms with van der Waals surface area (Å²) in [6.45, 7) is 7.04. The molecule has 0 N–H and O–H groups in total. The molecule has 1 saturated carbocycles. The van der Waals surface area contributed by atoms with Gasteiger partial charge in [0.05, 0.1) is 17.9 Å². The zero-order chi connectivity index (χ0) is 23.4. The van der Waals surface area contributed by atoms with Crippen LogP contribution < -0.4 is 0 Å². The van der Waals surface area contributed by atoms with Gasteiger partial charge in [0.1, 0.15) is 5.78 Å². The van der Waals surface area contributed by atoms with E-state index in [1.165, 1.54) is 5.57 Å². The summed E-state index contributed by atoms with van der Waals surface area (Å²) in [5, 5.41) is 0. The number of ketones is 2. The van der Waals surface area contributed by atoms with Crippen LogP contribution in [0.3, 0.4) is 0 Å². The Morgan fingerprint density at radius 2 is 1.94 bits per heavy atom. The third kappa shape index (κ3) is 3.12. The molecule has 0 amide bonds. The number of esters is 1. The molecule has 0 radical (unpaired) electrons. The molecule has 0 aromatic rings. The van der Waals surface area contributed by atoms with Crippen LogP contribution in [0.15, 0.2) is 46.6 Å². The van der Waals surface area contributed by atoms with E-state index in [2.05, 4.69) is 26.8 Å². The van der Waals surface area contributed by atoms with Crippen molar-refractivity contribution < 1.29 is 19.1 Å². The summed E-state index contributed by atoms with van der Waals surface area (Å²) in [5.74, 6) is -0.276. The molecule has 1 unspecified atom stereocenters. The highest BCUT2D eigenvalue weighted by atomic mass is 16.5. The zero-order valence-corrected chi connectivity index (χ0v) is 20.3. The van der Waals surface area contributed by atoms with E-state index >= 15 is 0 Å². The van der Waals surface area contributed by atoms with E-state index in [1.807, 2.05) is 6.08 Å². The van der Waals surface area contributed by atoms with Crippen LogP contribution in [0.1, 0.15) is 85.0 Å². The van der Waals surface area contributed by atoms with Crippen LogP contribution in [-0.2, 0) is 19.1 Å². The van der Waals surface area contributed by atoms with Gasteiger partial charge in [-0.05, 0) is 74.2 Å². The largest absolute Gasteiger partial charge is 0.465 e. The lowest BCUT2D eigenvalue weighted by Gasteiger charge is -2.51. The van der Waals surface area contributed by atoms with Crippen molar-refractivity contribution >= 4 is 17.5 Å². The first kappa shape index (κ1) is 22.6. The molecule has 4 nitrogen and oxygen atoms in total. The van der Waals surface area contributed by atoms with E-state index in [4.69, 9.17) is 4.74 Å². The van der Waals surface area contributed by atoms with Crippen LogP contribution in [-0.4, -0.2) is 24.1 Å². The maximum Gasteiger partial charge on any atom is 0.313 e. The SMILES string of the molecule is CCCCCCOC(=O)[C@@H]1CC2=CC(=O)C=CC2(C)C2=C1C1=CC[C@@]3(C)CCC(=O)[C@@]13CC2. The van der Waals surface area contributed by atoms with Crippen LogP contribution in [0.25, 0.3) is 0 Å². The Labute approximate surface area is 197 Å². The van der Waals surface area contributed by atoms with Crippen molar-refractivity contribution in [2.45, 2.75) is 85.0 Å². The lowest BCUT2D eigenvalue weighted by atomic mass is 9.51. The summed E-state index contributed by atoms with van der Waals surface area (Å²) >= 11 is 0. The van der Waals surface area contributed by atoms with E-state index in [-0.39, 0.29) is 22.6 Å². The first-order chi connectivity index (χ1) is 15.8. The van der Waals surface area contributed by atoms with Gasteiger partial charge in [0.2, 0.25) is 0 Å². The first-order valence-corrected chi connectivity index (χ1v) is 12.9. The summed E-state index contributed by atoms with van der Waals surface area (Å²) in [4.78, 5) is 39.1. The summed E-state index contributed by atoms with van der Waals surface area (Å²) in [6, 6.07) is 0. The number of hydrogen-bond donors (Lipinski definition) is 0. The molecule has 0 bridgehead atoms. The average molecular weight is 449 g/mol. The third-order valence-corrected chi connectivity index (χ3v) is 9.48. The van der Waals surface area contributed by atoms with Gasteiger partial charge in [0, 0.05) is 11.8 Å². The van der Waals surface area contributed by atoms with Crippen LogP contribution >= 0.6 is 0 Å². The van der Waals surface area contributed by atoms with Crippen LogP contribution in [0.4, 0.5) is 0 Å². The molecule has 0 heterocycles. The lowest BCUT2D eigenvalue weighted by molar-refractivity contribution is -0.147. The number of unbranched alkanes of at least 4 members (excludes halogenated alkanes) is 3. The fourth-order valence-corrected chi connectivity index (χ4v) is 7.49. The smallest absolute Gasteiger partial charge is 0.313 e. The van der Waals surface area contributed by atoms with E-state index in [0.717, 1.165) is 68.1 Å². The molecule has 0 aliphatic heterocycles. The minimum Gasteiger partial charge on any atom is -0.465 e. The monoisotopic (exact) mass is 448 g/mol. The normalized spacial score (nSPS) is 36.6. The van der Waals surface area contributed by atoms with Crippen LogP contribution in [0, 0.1) is 22.2 Å². The molecule has 5 aliphatic carbocycles. The summed E-state index contributed by atoms with van der Waals surface area (Å²) < 4.78 is 5.81. The van der Waals surface area contributed by atoms with Crippen molar-refractivity contribution in [2.24, 2.45) is 22.2 Å². The number of ether oxygens (including phenoxy) is 1. The van der Waals surface area contributed by atoms with Crippen molar-refractivity contribution in [2.75, 3.05) is 6.61 Å². The maximum absolute atomic E-state index is 13.5. The molecule has 1 fully saturated rings. The minimum absolute atomic E-state index is 0.0101. The third-order valence-electron chi connectivity index (χ3n) is 9.48. The Morgan fingerprint density at radius 1 is 1.12 bits per heavy atom. The topological polar surface area (TPSA) is 60.4 Å². The molecule has 4 heteroatoms. The van der Waals surface area contributed by atoms with Crippen molar-refractivity contribution in [1.29, 1.82) is 0 Å². The van der Waals surface area contributed by atoms with Gasteiger partial charge in [-0.1, -0.05) is 56.4 Å². The zero-order valence-electron chi connectivity index (χ0n) is 20.3. The predicted molar refractivity (Wildman–Crippen MR) is 127 cm³/mol. The number of carbonyl (C=O) groups excluding carboxylic acids is 3. The van der Waals surface area contributed by atoms with Crippen molar-refractivity contribution in [3.8, 4) is 0 Å². The second-order valence-electron chi connectivity index (χ2n) is 11.2. The standard InChI is InChI=1S/C29H36O4/c1-4-5-6-7-16-33-26(32)21-18-19-17-20(30)8-14-28(19,3)22-10-15-29-23(25(21)22)9-12-27(29,2)13-11-24(29)31/h8-9,14,17,21H,4-7,10-13,15-16,18H2,1-3H3/t21-,27+,28?,29-/m1/s1.